The van der Waals surface area contributed by atoms with Crippen molar-refractivity contribution >= 4 is 0 Å². The average Bonchev–Trinajstić information content (AvgIpc) is 2.05. The van der Waals surface area contributed by atoms with Crippen LogP contribution in [0.25, 0.3) is 0 Å². The molecule has 0 amide bonds. The molecule has 10 heavy (non-hydrogen) atoms. The van der Waals surface area contributed by atoms with Crippen molar-refractivity contribution in [2.45, 2.75) is 32.2 Å². The summed E-state index contributed by atoms with van der Waals surface area (Å²) in [5, 5.41) is 12.0. The molecular formula is C8H14N2. The van der Waals surface area contributed by atoms with Crippen molar-refractivity contribution in [2.75, 3.05) is 6.54 Å². The van der Waals surface area contributed by atoms with Gasteiger partial charge in [0.1, 0.15) is 0 Å². The van der Waals surface area contributed by atoms with E-state index in [9.17, 15) is 0 Å². The molecule has 0 bridgehead atoms. The van der Waals surface area contributed by atoms with Gasteiger partial charge in [0.25, 0.3) is 0 Å². The highest BCUT2D eigenvalue weighted by Crippen LogP contribution is 2.16. The second-order valence-corrected chi connectivity index (χ2v) is 2.91. The van der Waals surface area contributed by atoms with Crippen molar-refractivity contribution in [1.29, 1.82) is 5.26 Å². The number of nitrogens with zero attached hydrogens (tertiary/aromatic N) is 1. The Labute approximate surface area is 62.2 Å². The van der Waals surface area contributed by atoms with Crippen LogP contribution in [0.3, 0.4) is 0 Å². The molecule has 2 atom stereocenters. The lowest BCUT2D eigenvalue weighted by Gasteiger charge is -2.25. The second kappa shape index (κ2) is 3.58. The van der Waals surface area contributed by atoms with E-state index in [0.717, 1.165) is 25.8 Å². The molecule has 1 rings (SSSR count). The van der Waals surface area contributed by atoms with Gasteiger partial charge in [-0.2, -0.15) is 5.26 Å². The smallest absolute Gasteiger partial charge is 0.0656 e. The van der Waals surface area contributed by atoms with Gasteiger partial charge in [0.2, 0.25) is 0 Å². The van der Waals surface area contributed by atoms with Gasteiger partial charge in [-0.1, -0.05) is 6.92 Å². The first-order chi connectivity index (χ1) is 4.86. The SMILES string of the molecule is CCC1CC(C#N)CCN1. The highest BCUT2D eigenvalue weighted by atomic mass is 14.9. The zero-order valence-corrected chi connectivity index (χ0v) is 6.43. The normalized spacial score (nSPS) is 33.2. The highest BCUT2D eigenvalue weighted by Gasteiger charge is 2.18. The zero-order chi connectivity index (χ0) is 7.40. The fourth-order valence-corrected chi connectivity index (χ4v) is 1.43. The Morgan fingerprint density at radius 1 is 1.70 bits per heavy atom. The summed E-state index contributed by atoms with van der Waals surface area (Å²) in [5.74, 6) is 0.311. The van der Waals surface area contributed by atoms with Crippen molar-refractivity contribution in [3.63, 3.8) is 0 Å². The van der Waals surface area contributed by atoms with Gasteiger partial charge in [0.15, 0.2) is 0 Å². The Morgan fingerprint density at radius 3 is 3.10 bits per heavy atom. The highest BCUT2D eigenvalue weighted by molar-refractivity contribution is 4.89. The molecule has 0 spiro atoms. The fraction of sp³-hybridized carbons (Fsp3) is 0.875. The Kier molecular flexibility index (Phi) is 2.70. The van der Waals surface area contributed by atoms with E-state index in [2.05, 4.69) is 18.3 Å². The quantitative estimate of drug-likeness (QED) is 0.592. The van der Waals surface area contributed by atoms with Crippen LogP contribution >= 0.6 is 0 Å². The minimum Gasteiger partial charge on any atom is -0.314 e. The molecule has 1 N–H and O–H groups in total. The maximum Gasteiger partial charge on any atom is 0.0656 e. The van der Waals surface area contributed by atoms with Crippen LogP contribution in [0.4, 0.5) is 0 Å². The van der Waals surface area contributed by atoms with Crippen LogP contribution in [-0.2, 0) is 0 Å². The first-order valence-corrected chi connectivity index (χ1v) is 3.99. The molecule has 56 valence electrons. The number of piperidine rings is 1. The summed E-state index contributed by atoms with van der Waals surface area (Å²) in [6.07, 6.45) is 3.23. The maximum absolute atomic E-state index is 8.63. The molecule has 1 saturated heterocycles. The number of nitrogens with one attached hydrogen (secondary N) is 1. The van der Waals surface area contributed by atoms with E-state index in [1.54, 1.807) is 0 Å². The minimum atomic E-state index is 0.311. The van der Waals surface area contributed by atoms with E-state index in [1.165, 1.54) is 0 Å². The largest absolute Gasteiger partial charge is 0.314 e. The Bertz CT molecular complexity index is 137. The third-order valence-corrected chi connectivity index (χ3v) is 2.17. The molecular weight excluding hydrogens is 124 g/mol. The number of hydrogen-bond acceptors (Lipinski definition) is 2. The summed E-state index contributed by atoms with van der Waals surface area (Å²) in [6, 6.07) is 2.92. The van der Waals surface area contributed by atoms with Gasteiger partial charge in [-0.25, -0.2) is 0 Å². The molecule has 2 unspecified atom stereocenters. The average molecular weight is 138 g/mol. The summed E-state index contributed by atoms with van der Waals surface area (Å²) in [7, 11) is 0. The summed E-state index contributed by atoms with van der Waals surface area (Å²) in [4.78, 5) is 0. The predicted octanol–water partition coefficient (Wildman–Crippen LogP) is 1.29. The second-order valence-electron chi connectivity index (χ2n) is 2.91. The fourth-order valence-electron chi connectivity index (χ4n) is 1.43. The first kappa shape index (κ1) is 7.56. The van der Waals surface area contributed by atoms with Gasteiger partial charge in [-0.05, 0) is 25.8 Å². The lowest BCUT2D eigenvalue weighted by molar-refractivity contribution is 0.342. The van der Waals surface area contributed by atoms with E-state index >= 15 is 0 Å². The van der Waals surface area contributed by atoms with Gasteiger partial charge in [0, 0.05) is 12.0 Å². The molecule has 1 fully saturated rings. The Balaban J connectivity index is 2.33. The number of rotatable bonds is 1. The van der Waals surface area contributed by atoms with E-state index in [1.807, 2.05) is 0 Å². The van der Waals surface area contributed by atoms with Crippen LogP contribution in [0.2, 0.25) is 0 Å². The number of nitriles is 1. The minimum absolute atomic E-state index is 0.311. The third-order valence-electron chi connectivity index (χ3n) is 2.17. The summed E-state index contributed by atoms with van der Waals surface area (Å²) in [5.41, 5.74) is 0. The van der Waals surface area contributed by atoms with Crippen LogP contribution in [0.1, 0.15) is 26.2 Å². The standard InChI is InChI=1S/C8H14N2/c1-2-8-5-7(6-9)3-4-10-8/h7-8,10H,2-5H2,1H3. The molecule has 0 aliphatic carbocycles. The number of hydrogen-bond donors (Lipinski definition) is 1. The van der Waals surface area contributed by atoms with Gasteiger partial charge >= 0.3 is 0 Å². The van der Waals surface area contributed by atoms with Crippen molar-refractivity contribution in [3.05, 3.63) is 0 Å². The maximum atomic E-state index is 8.63. The molecule has 2 nitrogen and oxygen atoms in total. The molecule has 0 aromatic rings. The summed E-state index contributed by atoms with van der Waals surface area (Å²) < 4.78 is 0. The monoisotopic (exact) mass is 138 g/mol. The van der Waals surface area contributed by atoms with E-state index < -0.39 is 0 Å². The van der Waals surface area contributed by atoms with Gasteiger partial charge in [-0.15, -0.1) is 0 Å². The van der Waals surface area contributed by atoms with Gasteiger partial charge < -0.3 is 5.32 Å². The van der Waals surface area contributed by atoms with Crippen molar-refractivity contribution < 1.29 is 0 Å². The zero-order valence-electron chi connectivity index (χ0n) is 6.43. The predicted molar refractivity (Wildman–Crippen MR) is 40.4 cm³/mol. The Hall–Kier alpha value is -0.550. The van der Waals surface area contributed by atoms with Crippen LogP contribution in [-0.4, -0.2) is 12.6 Å². The molecule has 1 heterocycles. The van der Waals surface area contributed by atoms with E-state index in [4.69, 9.17) is 5.26 Å². The lowest BCUT2D eigenvalue weighted by atomic mass is 9.93. The van der Waals surface area contributed by atoms with E-state index in [-0.39, 0.29) is 0 Å². The summed E-state index contributed by atoms with van der Waals surface area (Å²) >= 11 is 0. The third kappa shape index (κ3) is 1.71. The molecule has 0 aromatic carbocycles. The van der Waals surface area contributed by atoms with Crippen molar-refractivity contribution in [2.24, 2.45) is 5.92 Å². The lowest BCUT2D eigenvalue weighted by Crippen LogP contribution is -2.37. The van der Waals surface area contributed by atoms with Crippen LogP contribution in [0.15, 0.2) is 0 Å². The van der Waals surface area contributed by atoms with Crippen LogP contribution in [0, 0.1) is 17.2 Å². The Morgan fingerprint density at radius 2 is 2.50 bits per heavy atom. The summed E-state index contributed by atoms with van der Waals surface area (Å²) in [6.45, 7) is 3.19. The first-order valence-electron chi connectivity index (χ1n) is 3.99. The molecule has 1 aliphatic rings. The molecule has 1 aliphatic heterocycles. The van der Waals surface area contributed by atoms with Gasteiger partial charge in [-0.3, -0.25) is 0 Å². The van der Waals surface area contributed by atoms with Crippen molar-refractivity contribution in [1.82, 2.24) is 5.32 Å². The van der Waals surface area contributed by atoms with Gasteiger partial charge in [0.05, 0.1) is 6.07 Å². The van der Waals surface area contributed by atoms with E-state index in [0.29, 0.717) is 12.0 Å². The molecule has 0 radical (unpaired) electrons. The van der Waals surface area contributed by atoms with Crippen LogP contribution in [0.5, 0.6) is 0 Å². The topological polar surface area (TPSA) is 35.8 Å². The molecule has 2 heteroatoms. The molecule has 0 aromatic heterocycles. The van der Waals surface area contributed by atoms with Crippen molar-refractivity contribution in [3.8, 4) is 6.07 Å². The van der Waals surface area contributed by atoms with Crippen LogP contribution < -0.4 is 5.32 Å². The molecule has 0 saturated carbocycles.